The van der Waals surface area contributed by atoms with Crippen LogP contribution in [0.3, 0.4) is 0 Å². The second-order valence-corrected chi connectivity index (χ2v) is 7.91. The number of hydrogen-bond donors (Lipinski definition) is 1. The third-order valence-corrected chi connectivity index (χ3v) is 5.53. The lowest BCUT2D eigenvalue weighted by atomic mass is 10.2. The fourth-order valence-corrected chi connectivity index (χ4v) is 3.60. The van der Waals surface area contributed by atoms with Crippen LogP contribution in [0.2, 0.25) is 0 Å². The topological polar surface area (TPSA) is 137 Å². The molecule has 0 bridgehead atoms. The zero-order chi connectivity index (χ0) is 24.1. The number of ether oxygens (including phenoxy) is 1. The molecular weight excluding hydrogens is 442 g/mol. The van der Waals surface area contributed by atoms with Crippen molar-refractivity contribution < 1.29 is 14.1 Å². The molecular formula is C22H27N7O5. The number of amides is 1. The Labute approximate surface area is 195 Å². The van der Waals surface area contributed by atoms with Crippen molar-refractivity contribution in [1.29, 1.82) is 0 Å². The third kappa shape index (κ3) is 5.13. The standard InChI is InChI=1S/C22H27N7O5/c1-3-28-21(31)17(25-29(22(28)32)16-7-5-15(2)6-8-16)18-24-20(34-26-18)19(30)23-9-4-10-27-11-13-33-14-12-27/h5-8H,3-4,9-14H2,1-2H3,(H,23,30). The summed E-state index contributed by atoms with van der Waals surface area (Å²) in [5.41, 5.74) is 0.0773. The molecule has 2 aromatic heterocycles. The van der Waals surface area contributed by atoms with Gasteiger partial charge in [0.2, 0.25) is 5.82 Å². The van der Waals surface area contributed by atoms with E-state index in [1.807, 2.05) is 19.1 Å². The predicted octanol–water partition coefficient (Wildman–Crippen LogP) is 0.225. The number of nitrogens with one attached hydrogen (secondary N) is 1. The number of carbonyl (C=O) groups is 1. The Hall–Kier alpha value is -3.64. The van der Waals surface area contributed by atoms with Crippen LogP contribution >= 0.6 is 0 Å². The van der Waals surface area contributed by atoms with Crippen molar-refractivity contribution in [3.05, 3.63) is 56.6 Å². The molecule has 0 saturated carbocycles. The van der Waals surface area contributed by atoms with Crippen LogP contribution in [0.25, 0.3) is 17.2 Å². The molecule has 12 nitrogen and oxygen atoms in total. The molecule has 0 aliphatic carbocycles. The highest BCUT2D eigenvalue weighted by Gasteiger charge is 2.22. The van der Waals surface area contributed by atoms with Gasteiger partial charge in [-0.25, -0.2) is 4.79 Å². The van der Waals surface area contributed by atoms with Gasteiger partial charge in [-0.05, 0) is 38.9 Å². The number of carbonyl (C=O) groups excluding carboxylic acids is 1. The van der Waals surface area contributed by atoms with Gasteiger partial charge in [-0.3, -0.25) is 19.1 Å². The molecule has 1 aliphatic rings. The van der Waals surface area contributed by atoms with Crippen molar-refractivity contribution in [3.8, 4) is 17.2 Å². The van der Waals surface area contributed by atoms with E-state index >= 15 is 0 Å². The van der Waals surface area contributed by atoms with Crippen LogP contribution in [0.4, 0.5) is 0 Å². The van der Waals surface area contributed by atoms with Crippen LogP contribution in [-0.4, -0.2) is 74.7 Å². The maximum Gasteiger partial charge on any atom is 0.352 e. The van der Waals surface area contributed by atoms with Crippen LogP contribution in [-0.2, 0) is 11.3 Å². The van der Waals surface area contributed by atoms with E-state index in [2.05, 4.69) is 25.5 Å². The molecule has 34 heavy (non-hydrogen) atoms. The quantitative estimate of drug-likeness (QED) is 0.459. The van der Waals surface area contributed by atoms with Crippen LogP contribution in [0, 0.1) is 6.92 Å². The molecule has 4 rings (SSSR count). The summed E-state index contributed by atoms with van der Waals surface area (Å²) in [4.78, 5) is 44.4. The van der Waals surface area contributed by atoms with Gasteiger partial charge in [-0.1, -0.05) is 22.9 Å². The average Bonchev–Trinajstić information content (AvgIpc) is 3.34. The minimum Gasteiger partial charge on any atom is -0.379 e. The number of aromatic nitrogens is 5. The van der Waals surface area contributed by atoms with Gasteiger partial charge in [0.15, 0.2) is 5.69 Å². The molecule has 1 N–H and O–H groups in total. The van der Waals surface area contributed by atoms with Gasteiger partial charge in [0.05, 0.1) is 18.9 Å². The number of rotatable bonds is 8. The molecule has 1 aromatic carbocycles. The fourth-order valence-electron chi connectivity index (χ4n) is 3.60. The van der Waals surface area contributed by atoms with Gasteiger partial charge in [0, 0.05) is 26.2 Å². The molecule has 1 saturated heterocycles. The zero-order valence-electron chi connectivity index (χ0n) is 19.2. The Morgan fingerprint density at radius 1 is 1.15 bits per heavy atom. The highest BCUT2D eigenvalue weighted by molar-refractivity contribution is 5.89. The van der Waals surface area contributed by atoms with Crippen LogP contribution < -0.4 is 16.6 Å². The molecule has 12 heteroatoms. The Balaban J connectivity index is 1.51. The van der Waals surface area contributed by atoms with Gasteiger partial charge in [-0.15, -0.1) is 0 Å². The molecule has 1 amide bonds. The normalized spacial score (nSPS) is 14.3. The van der Waals surface area contributed by atoms with Crippen molar-refractivity contribution in [3.63, 3.8) is 0 Å². The summed E-state index contributed by atoms with van der Waals surface area (Å²) < 4.78 is 12.5. The van der Waals surface area contributed by atoms with Gasteiger partial charge < -0.3 is 14.6 Å². The first-order valence-electron chi connectivity index (χ1n) is 11.2. The largest absolute Gasteiger partial charge is 0.379 e. The fraction of sp³-hybridized carbons (Fsp3) is 0.455. The molecule has 1 aliphatic heterocycles. The molecule has 3 heterocycles. The summed E-state index contributed by atoms with van der Waals surface area (Å²) in [7, 11) is 0. The highest BCUT2D eigenvalue weighted by atomic mass is 16.5. The van der Waals surface area contributed by atoms with E-state index < -0.39 is 17.2 Å². The van der Waals surface area contributed by atoms with Crippen LogP contribution in [0.5, 0.6) is 0 Å². The van der Waals surface area contributed by atoms with Crippen molar-refractivity contribution in [2.45, 2.75) is 26.8 Å². The van der Waals surface area contributed by atoms with Gasteiger partial charge in [0.1, 0.15) is 0 Å². The molecule has 0 unspecified atom stereocenters. The first kappa shape index (κ1) is 23.5. The third-order valence-electron chi connectivity index (χ3n) is 5.53. The maximum absolute atomic E-state index is 12.9. The van der Waals surface area contributed by atoms with E-state index in [9.17, 15) is 14.4 Å². The van der Waals surface area contributed by atoms with Crippen LogP contribution in [0.1, 0.15) is 29.6 Å². The van der Waals surface area contributed by atoms with Crippen molar-refractivity contribution in [1.82, 2.24) is 34.7 Å². The average molecular weight is 470 g/mol. The summed E-state index contributed by atoms with van der Waals surface area (Å²) in [5, 5.41) is 10.7. The van der Waals surface area contributed by atoms with E-state index in [0.29, 0.717) is 12.2 Å². The number of morpholine rings is 1. The number of hydrogen-bond acceptors (Lipinski definition) is 9. The second kappa shape index (κ2) is 10.5. The first-order valence-corrected chi connectivity index (χ1v) is 11.2. The van der Waals surface area contributed by atoms with Crippen molar-refractivity contribution in [2.24, 2.45) is 0 Å². The smallest absolute Gasteiger partial charge is 0.352 e. The Bertz CT molecular complexity index is 1260. The molecule has 0 spiro atoms. The molecule has 3 aromatic rings. The summed E-state index contributed by atoms with van der Waals surface area (Å²) in [6, 6.07) is 7.12. The van der Waals surface area contributed by atoms with E-state index in [4.69, 9.17) is 9.26 Å². The van der Waals surface area contributed by atoms with Crippen molar-refractivity contribution in [2.75, 3.05) is 39.4 Å². The SMILES string of the molecule is CCn1c(=O)c(-c2noc(C(=O)NCCCN3CCOCC3)n2)nn(-c2ccc(C)cc2)c1=O. The molecule has 0 radical (unpaired) electrons. The number of nitrogens with zero attached hydrogens (tertiary/aromatic N) is 6. The lowest BCUT2D eigenvalue weighted by Crippen LogP contribution is -2.41. The second-order valence-electron chi connectivity index (χ2n) is 7.91. The predicted molar refractivity (Wildman–Crippen MR) is 122 cm³/mol. The highest BCUT2D eigenvalue weighted by Crippen LogP contribution is 2.11. The van der Waals surface area contributed by atoms with Crippen molar-refractivity contribution >= 4 is 5.91 Å². The molecule has 1 fully saturated rings. The van der Waals surface area contributed by atoms with Gasteiger partial charge >= 0.3 is 17.5 Å². The van der Waals surface area contributed by atoms with Gasteiger partial charge in [-0.2, -0.15) is 14.8 Å². The molecule has 0 atom stereocenters. The minimum atomic E-state index is -0.658. The maximum atomic E-state index is 12.9. The molecule has 180 valence electrons. The van der Waals surface area contributed by atoms with E-state index in [1.165, 1.54) is 0 Å². The zero-order valence-corrected chi connectivity index (χ0v) is 19.2. The number of aryl methyl sites for hydroxylation is 1. The van der Waals surface area contributed by atoms with E-state index in [1.54, 1.807) is 19.1 Å². The minimum absolute atomic E-state index is 0.132. The Morgan fingerprint density at radius 3 is 2.59 bits per heavy atom. The van der Waals surface area contributed by atoms with E-state index in [-0.39, 0.29) is 24.0 Å². The summed E-state index contributed by atoms with van der Waals surface area (Å²) in [6.07, 6.45) is 0.761. The van der Waals surface area contributed by atoms with Gasteiger partial charge in [0.25, 0.3) is 5.56 Å². The summed E-state index contributed by atoms with van der Waals surface area (Å²) >= 11 is 0. The van der Waals surface area contributed by atoms with E-state index in [0.717, 1.165) is 54.1 Å². The lowest BCUT2D eigenvalue weighted by Gasteiger charge is -2.26. The summed E-state index contributed by atoms with van der Waals surface area (Å²) in [5.74, 6) is -0.978. The Kier molecular flexibility index (Phi) is 7.28. The first-order chi connectivity index (χ1) is 16.5. The Morgan fingerprint density at radius 2 is 1.88 bits per heavy atom. The summed E-state index contributed by atoms with van der Waals surface area (Å²) in [6.45, 7) is 8.23. The monoisotopic (exact) mass is 469 g/mol. The lowest BCUT2D eigenvalue weighted by molar-refractivity contribution is 0.0374. The number of benzene rings is 1. The van der Waals surface area contributed by atoms with Crippen LogP contribution in [0.15, 0.2) is 38.4 Å².